The minimum absolute atomic E-state index is 0.133. The van der Waals surface area contributed by atoms with E-state index in [2.05, 4.69) is 16.1 Å². The summed E-state index contributed by atoms with van der Waals surface area (Å²) < 4.78 is 25.1. The van der Waals surface area contributed by atoms with Crippen LogP contribution in [0, 0.1) is 0 Å². The Morgan fingerprint density at radius 3 is 2.81 bits per heavy atom. The van der Waals surface area contributed by atoms with Crippen molar-refractivity contribution in [3.63, 3.8) is 0 Å². The van der Waals surface area contributed by atoms with Crippen LogP contribution in [0.5, 0.6) is 0 Å². The number of nitrogens with zero attached hydrogens (tertiary/aromatic N) is 3. The van der Waals surface area contributed by atoms with Gasteiger partial charge in [0.15, 0.2) is 0 Å². The summed E-state index contributed by atoms with van der Waals surface area (Å²) >= 11 is 2.61. The molecule has 0 spiro atoms. The van der Waals surface area contributed by atoms with E-state index in [-0.39, 0.29) is 4.34 Å². The fourth-order valence-corrected chi connectivity index (χ4v) is 4.56. The summed E-state index contributed by atoms with van der Waals surface area (Å²) in [6.07, 6.45) is 1.72. The van der Waals surface area contributed by atoms with Crippen molar-refractivity contribution in [1.29, 1.82) is 0 Å². The van der Waals surface area contributed by atoms with Gasteiger partial charge in [-0.15, -0.1) is 16.4 Å². The summed E-state index contributed by atoms with van der Waals surface area (Å²) in [6, 6.07) is 8.07. The number of aromatic nitrogens is 3. The third-order valence-corrected chi connectivity index (χ3v) is 6.22. The zero-order valence-corrected chi connectivity index (χ0v) is 12.9. The highest BCUT2D eigenvalue weighted by molar-refractivity contribution is 7.91. The average molecular weight is 336 g/mol. The molecular weight excluding hydrogens is 328 g/mol. The molecule has 4 aromatic rings. The molecule has 6 nitrogen and oxygen atoms in total. The predicted octanol–water partition coefficient (Wildman–Crippen LogP) is 2.32. The van der Waals surface area contributed by atoms with Gasteiger partial charge in [-0.2, -0.15) is 0 Å². The lowest BCUT2D eigenvalue weighted by Crippen LogP contribution is -2.12. The molecule has 0 atom stereocenters. The molecule has 1 aromatic carbocycles. The van der Waals surface area contributed by atoms with Crippen LogP contribution < -0.4 is 5.14 Å². The second-order valence-electron chi connectivity index (χ2n) is 4.41. The zero-order valence-electron chi connectivity index (χ0n) is 10.4. The molecule has 0 saturated carbocycles. The normalized spacial score (nSPS) is 12.4. The molecule has 9 heteroatoms. The first kappa shape index (κ1) is 12.9. The van der Waals surface area contributed by atoms with E-state index < -0.39 is 10.0 Å². The van der Waals surface area contributed by atoms with Gasteiger partial charge in [0.1, 0.15) is 0 Å². The van der Waals surface area contributed by atoms with Crippen LogP contribution >= 0.6 is 22.7 Å². The van der Waals surface area contributed by atoms with E-state index in [1.54, 1.807) is 17.5 Å². The number of thiophene rings is 1. The number of primary sulfonamides is 1. The Morgan fingerprint density at radius 2 is 2.05 bits per heavy atom. The Kier molecular flexibility index (Phi) is 2.67. The predicted molar refractivity (Wildman–Crippen MR) is 83.1 cm³/mol. The standard InChI is InChI=1S/C12H8N4O2S3/c13-21(17,18)12-15-16-5-9(14-11(16)20-12)8-6-19-10-4-2-1-3-7(8)10/h1-6H,(H2,13,17,18). The minimum Gasteiger partial charge on any atom is -0.223 e. The van der Waals surface area contributed by atoms with Crippen LogP contribution in [-0.4, -0.2) is 23.0 Å². The number of hydrogen-bond donors (Lipinski definition) is 1. The van der Waals surface area contributed by atoms with Gasteiger partial charge in [0.2, 0.25) is 9.30 Å². The highest BCUT2D eigenvalue weighted by Gasteiger charge is 2.18. The second kappa shape index (κ2) is 4.34. The number of sulfonamides is 1. The Morgan fingerprint density at radius 1 is 1.24 bits per heavy atom. The number of nitrogens with two attached hydrogens (primary N) is 1. The largest absolute Gasteiger partial charge is 0.267 e. The van der Waals surface area contributed by atoms with Crippen LogP contribution in [0.1, 0.15) is 0 Å². The lowest BCUT2D eigenvalue weighted by molar-refractivity contribution is 0.595. The van der Waals surface area contributed by atoms with E-state index >= 15 is 0 Å². The van der Waals surface area contributed by atoms with Gasteiger partial charge in [0.05, 0.1) is 11.9 Å². The summed E-state index contributed by atoms with van der Waals surface area (Å²) in [7, 11) is -3.79. The molecule has 0 aliphatic heterocycles. The summed E-state index contributed by atoms with van der Waals surface area (Å²) in [4.78, 5) is 4.95. The van der Waals surface area contributed by atoms with Crippen molar-refractivity contribution in [2.45, 2.75) is 4.34 Å². The first-order valence-corrected chi connectivity index (χ1v) is 9.12. The van der Waals surface area contributed by atoms with E-state index in [9.17, 15) is 8.42 Å². The van der Waals surface area contributed by atoms with Gasteiger partial charge < -0.3 is 0 Å². The quantitative estimate of drug-likeness (QED) is 0.608. The average Bonchev–Trinajstić information content (AvgIpc) is 3.08. The van der Waals surface area contributed by atoms with Crippen molar-refractivity contribution in [3.05, 3.63) is 35.8 Å². The van der Waals surface area contributed by atoms with Crippen molar-refractivity contribution in [1.82, 2.24) is 14.6 Å². The summed E-state index contributed by atoms with van der Waals surface area (Å²) in [5, 5.41) is 12.2. The van der Waals surface area contributed by atoms with Crippen LogP contribution in [0.15, 0.2) is 40.2 Å². The molecule has 2 N–H and O–H groups in total. The molecule has 3 aromatic heterocycles. The lowest BCUT2D eigenvalue weighted by Gasteiger charge is -1.93. The maximum Gasteiger partial charge on any atom is 0.267 e. The number of fused-ring (bicyclic) bond motifs is 2. The Hall–Kier alpha value is -1.81. The lowest BCUT2D eigenvalue weighted by atomic mass is 10.1. The van der Waals surface area contributed by atoms with Crippen molar-refractivity contribution < 1.29 is 8.42 Å². The number of hydrogen-bond acceptors (Lipinski definition) is 6. The van der Waals surface area contributed by atoms with Crippen LogP contribution in [-0.2, 0) is 10.0 Å². The molecular formula is C12H8N4O2S3. The molecule has 3 heterocycles. The van der Waals surface area contributed by atoms with Crippen molar-refractivity contribution >= 4 is 47.7 Å². The van der Waals surface area contributed by atoms with Crippen LogP contribution in [0.25, 0.3) is 26.3 Å². The first-order valence-electron chi connectivity index (χ1n) is 5.88. The molecule has 0 aliphatic rings. The van der Waals surface area contributed by atoms with Gasteiger partial charge in [-0.1, -0.05) is 29.5 Å². The van der Waals surface area contributed by atoms with Gasteiger partial charge in [-0.3, -0.25) is 0 Å². The maximum atomic E-state index is 11.3. The van der Waals surface area contributed by atoms with Crippen molar-refractivity contribution in [2.75, 3.05) is 0 Å². The van der Waals surface area contributed by atoms with Gasteiger partial charge in [0.25, 0.3) is 10.0 Å². The fraction of sp³-hybridized carbons (Fsp3) is 0. The van der Waals surface area contributed by atoms with E-state index in [0.29, 0.717) is 4.96 Å². The van der Waals surface area contributed by atoms with Gasteiger partial charge in [0, 0.05) is 21.0 Å². The van der Waals surface area contributed by atoms with Gasteiger partial charge in [-0.25, -0.2) is 23.1 Å². The van der Waals surface area contributed by atoms with E-state index in [4.69, 9.17) is 5.14 Å². The summed E-state index contributed by atoms with van der Waals surface area (Å²) in [5.41, 5.74) is 1.79. The second-order valence-corrected chi connectivity index (χ2v) is 8.01. The monoisotopic (exact) mass is 336 g/mol. The molecule has 106 valence electrons. The first-order chi connectivity index (χ1) is 10.0. The summed E-state index contributed by atoms with van der Waals surface area (Å²) in [6.45, 7) is 0. The van der Waals surface area contributed by atoms with Gasteiger partial charge in [-0.05, 0) is 6.07 Å². The molecule has 0 amide bonds. The number of rotatable bonds is 2. The molecule has 0 unspecified atom stereocenters. The molecule has 0 aliphatic carbocycles. The molecule has 4 rings (SSSR count). The SMILES string of the molecule is NS(=O)(=O)c1nn2cc(-c3csc4ccccc34)nc2s1. The number of imidazole rings is 1. The van der Waals surface area contributed by atoms with Crippen LogP contribution in [0.3, 0.4) is 0 Å². The smallest absolute Gasteiger partial charge is 0.223 e. The third-order valence-electron chi connectivity index (χ3n) is 3.02. The molecule has 21 heavy (non-hydrogen) atoms. The molecule has 0 radical (unpaired) electrons. The number of benzene rings is 1. The highest BCUT2D eigenvalue weighted by Crippen LogP contribution is 2.34. The van der Waals surface area contributed by atoms with Crippen LogP contribution in [0.2, 0.25) is 0 Å². The van der Waals surface area contributed by atoms with Gasteiger partial charge >= 0.3 is 0 Å². The fourth-order valence-electron chi connectivity index (χ4n) is 2.10. The molecule has 0 bridgehead atoms. The Balaban J connectivity index is 1.90. The Labute approximate surface area is 127 Å². The van der Waals surface area contributed by atoms with Crippen molar-refractivity contribution in [2.24, 2.45) is 5.14 Å². The maximum absolute atomic E-state index is 11.3. The summed E-state index contributed by atoms with van der Waals surface area (Å²) in [5.74, 6) is 0. The molecule has 0 fully saturated rings. The zero-order chi connectivity index (χ0) is 14.6. The highest BCUT2D eigenvalue weighted by atomic mass is 32.2. The van der Waals surface area contributed by atoms with E-state index in [1.165, 1.54) is 9.22 Å². The topological polar surface area (TPSA) is 90.4 Å². The molecule has 0 saturated heterocycles. The van der Waals surface area contributed by atoms with Crippen molar-refractivity contribution in [3.8, 4) is 11.3 Å². The van der Waals surface area contributed by atoms with E-state index in [0.717, 1.165) is 28.0 Å². The third kappa shape index (κ3) is 2.05. The van der Waals surface area contributed by atoms with E-state index in [1.807, 2.05) is 23.6 Å². The Bertz CT molecular complexity index is 1040. The van der Waals surface area contributed by atoms with Crippen LogP contribution in [0.4, 0.5) is 0 Å². The minimum atomic E-state index is -3.79.